The third-order valence-electron chi connectivity index (χ3n) is 3.96. The molecule has 15 heavy (non-hydrogen) atoms. The monoisotopic (exact) mass is 210 g/mol. The van der Waals surface area contributed by atoms with Gasteiger partial charge in [-0.3, -0.25) is 4.79 Å². The molecule has 0 bridgehead atoms. The predicted molar refractivity (Wildman–Crippen MR) is 59.8 cm³/mol. The molecule has 86 valence electrons. The van der Waals surface area contributed by atoms with E-state index in [1.54, 1.807) is 0 Å². The summed E-state index contributed by atoms with van der Waals surface area (Å²) in [6.07, 6.45) is 8.66. The van der Waals surface area contributed by atoms with Gasteiger partial charge in [0.2, 0.25) is 0 Å². The molecular weight excluding hydrogens is 188 g/mol. The summed E-state index contributed by atoms with van der Waals surface area (Å²) < 4.78 is 5.93. The van der Waals surface area contributed by atoms with E-state index in [9.17, 15) is 4.79 Å². The van der Waals surface area contributed by atoms with Gasteiger partial charge in [0, 0.05) is 18.9 Å². The fourth-order valence-corrected chi connectivity index (χ4v) is 3.12. The number of carbonyl (C=O) groups is 1. The van der Waals surface area contributed by atoms with Gasteiger partial charge in [-0.05, 0) is 32.1 Å². The molecule has 0 amide bonds. The summed E-state index contributed by atoms with van der Waals surface area (Å²) in [5.41, 5.74) is 0.103. The van der Waals surface area contributed by atoms with Crippen molar-refractivity contribution in [3.63, 3.8) is 0 Å². The van der Waals surface area contributed by atoms with Gasteiger partial charge in [-0.1, -0.05) is 19.8 Å². The van der Waals surface area contributed by atoms with Gasteiger partial charge in [-0.15, -0.1) is 0 Å². The average molecular weight is 210 g/mol. The zero-order valence-corrected chi connectivity index (χ0v) is 9.76. The summed E-state index contributed by atoms with van der Waals surface area (Å²) in [5.74, 6) is 0.781. The van der Waals surface area contributed by atoms with Crippen LogP contribution in [0, 0.1) is 5.92 Å². The topological polar surface area (TPSA) is 26.3 Å². The Hall–Kier alpha value is -0.370. The van der Waals surface area contributed by atoms with Crippen molar-refractivity contribution in [1.82, 2.24) is 0 Å². The van der Waals surface area contributed by atoms with Gasteiger partial charge in [-0.25, -0.2) is 0 Å². The molecule has 1 heterocycles. The quantitative estimate of drug-likeness (QED) is 0.715. The lowest BCUT2D eigenvalue weighted by atomic mass is 9.81. The summed E-state index contributed by atoms with van der Waals surface area (Å²) >= 11 is 0. The molecule has 2 nitrogen and oxygen atoms in total. The molecule has 0 aromatic carbocycles. The Labute approximate surface area is 92.4 Å². The number of hydrogen-bond donors (Lipinski definition) is 0. The molecule has 1 aliphatic carbocycles. The summed E-state index contributed by atoms with van der Waals surface area (Å²) in [6.45, 7) is 2.89. The fraction of sp³-hybridized carbons (Fsp3) is 0.923. The summed E-state index contributed by atoms with van der Waals surface area (Å²) in [5, 5.41) is 0. The molecule has 1 atom stereocenters. The van der Waals surface area contributed by atoms with Crippen molar-refractivity contribution in [3.8, 4) is 0 Å². The van der Waals surface area contributed by atoms with Crippen LogP contribution in [0.1, 0.15) is 58.3 Å². The van der Waals surface area contributed by atoms with Crippen LogP contribution in [0.15, 0.2) is 0 Å². The lowest BCUT2D eigenvalue weighted by molar-refractivity contribution is -0.136. The van der Waals surface area contributed by atoms with Gasteiger partial charge in [0.05, 0.1) is 5.60 Å². The highest BCUT2D eigenvalue weighted by atomic mass is 16.5. The van der Waals surface area contributed by atoms with Crippen molar-refractivity contribution in [2.24, 2.45) is 5.92 Å². The zero-order chi connectivity index (χ0) is 10.7. The van der Waals surface area contributed by atoms with Gasteiger partial charge < -0.3 is 4.74 Å². The van der Waals surface area contributed by atoms with E-state index >= 15 is 0 Å². The van der Waals surface area contributed by atoms with Crippen LogP contribution in [0.4, 0.5) is 0 Å². The minimum Gasteiger partial charge on any atom is -0.375 e. The first-order valence-electron chi connectivity index (χ1n) is 6.42. The largest absolute Gasteiger partial charge is 0.375 e. The molecule has 2 heteroatoms. The van der Waals surface area contributed by atoms with Gasteiger partial charge in [0.25, 0.3) is 0 Å². The van der Waals surface area contributed by atoms with Crippen LogP contribution < -0.4 is 0 Å². The van der Waals surface area contributed by atoms with Crippen LogP contribution in [0.2, 0.25) is 0 Å². The minimum absolute atomic E-state index is 0.103. The summed E-state index contributed by atoms with van der Waals surface area (Å²) in [6, 6.07) is 0. The van der Waals surface area contributed by atoms with Crippen LogP contribution in [-0.4, -0.2) is 18.0 Å². The molecule has 1 unspecified atom stereocenters. The molecule has 2 fully saturated rings. The first-order valence-corrected chi connectivity index (χ1v) is 6.42. The minimum atomic E-state index is 0.103. The highest BCUT2D eigenvalue weighted by Gasteiger charge is 2.41. The van der Waals surface area contributed by atoms with Crippen molar-refractivity contribution in [3.05, 3.63) is 0 Å². The summed E-state index contributed by atoms with van der Waals surface area (Å²) in [7, 11) is 0. The van der Waals surface area contributed by atoms with Crippen molar-refractivity contribution < 1.29 is 9.53 Å². The Morgan fingerprint density at radius 2 is 2.13 bits per heavy atom. The van der Waals surface area contributed by atoms with E-state index in [2.05, 4.69) is 6.92 Å². The molecule has 1 aliphatic heterocycles. The maximum absolute atomic E-state index is 11.9. The molecule has 2 aliphatic rings. The molecule has 0 aromatic rings. The Morgan fingerprint density at radius 1 is 1.40 bits per heavy atom. The number of hydrogen-bond acceptors (Lipinski definition) is 2. The number of ketones is 1. The molecule has 1 spiro atoms. The lowest BCUT2D eigenvalue weighted by Gasteiger charge is -2.37. The van der Waals surface area contributed by atoms with Crippen LogP contribution in [0.5, 0.6) is 0 Å². The smallest absolute Gasteiger partial charge is 0.136 e. The number of ether oxygens (including phenoxy) is 1. The van der Waals surface area contributed by atoms with Crippen LogP contribution >= 0.6 is 0 Å². The zero-order valence-electron chi connectivity index (χ0n) is 9.76. The molecule has 0 N–H and O–H groups in total. The van der Waals surface area contributed by atoms with Crippen LogP contribution in [0.25, 0.3) is 0 Å². The first kappa shape index (κ1) is 11.1. The lowest BCUT2D eigenvalue weighted by Crippen LogP contribution is -2.39. The Morgan fingerprint density at radius 3 is 2.80 bits per heavy atom. The second-order valence-electron chi connectivity index (χ2n) is 5.14. The average Bonchev–Trinajstić information content (AvgIpc) is 2.67. The fourth-order valence-electron chi connectivity index (χ4n) is 3.12. The van der Waals surface area contributed by atoms with Crippen molar-refractivity contribution in [1.29, 1.82) is 0 Å². The third-order valence-corrected chi connectivity index (χ3v) is 3.96. The maximum atomic E-state index is 11.9. The molecule has 1 saturated heterocycles. The van der Waals surface area contributed by atoms with E-state index in [4.69, 9.17) is 4.74 Å². The van der Waals surface area contributed by atoms with Crippen LogP contribution in [-0.2, 0) is 9.53 Å². The van der Waals surface area contributed by atoms with Gasteiger partial charge in [-0.2, -0.15) is 0 Å². The van der Waals surface area contributed by atoms with Crippen molar-refractivity contribution in [2.75, 3.05) is 6.61 Å². The first-order chi connectivity index (χ1) is 7.26. The van der Waals surface area contributed by atoms with Crippen molar-refractivity contribution >= 4 is 5.78 Å². The highest BCUT2D eigenvalue weighted by Crippen LogP contribution is 2.42. The second kappa shape index (κ2) is 4.65. The Kier molecular flexibility index (Phi) is 3.45. The Balaban J connectivity index is 1.94. The number of Topliss-reactive ketones (excluding diaryl/α,β-unsaturated/α-hetero) is 1. The van der Waals surface area contributed by atoms with Crippen LogP contribution in [0.3, 0.4) is 0 Å². The van der Waals surface area contributed by atoms with E-state index < -0.39 is 0 Å². The molecule has 0 aromatic heterocycles. The molecular formula is C13H22O2. The second-order valence-corrected chi connectivity index (χ2v) is 5.14. The maximum Gasteiger partial charge on any atom is 0.136 e. The SMILES string of the molecule is CCCC(=O)C1CCOC2(CCCC2)C1. The Bertz CT molecular complexity index is 229. The normalized spacial score (nSPS) is 29.5. The molecule has 2 rings (SSSR count). The number of rotatable bonds is 3. The highest BCUT2D eigenvalue weighted by molar-refractivity contribution is 5.81. The van der Waals surface area contributed by atoms with Gasteiger partial charge >= 0.3 is 0 Å². The predicted octanol–water partition coefficient (Wildman–Crippen LogP) is 3.10. The third kappa shape index (κ3) is 2.41. The van der Waals surface area contributed by atoms with E-state index in [0.29, 0.717) is 11.7 Å². The van der Waals surface area contributed by atoms with E-state index in [1.165, 1.54) is 25.7 Å². The molecule has 0 radical (unpaired) electrons. The van der Waals surface area contributed by atoms with Gasteiger partial charge in [0.1, 0.15) is 5.78 Å². The number of carbonyl (C=O) groups excluding carboxylic acids is 1. The summed E-state index contributed by atoms with van der Waals surface area (Å²) in [4.78, 5) is 11.9. The van der Waals surface area contributed by atoms with E-state index in [-0.39, 0.29) is 5.60 Å². The molecule has 1 saturated carbocycles. The standard InChI is InChI=1S/C13H22O2/c1-2-5-12(14)11-6-9-15-13(10-11)7-3-4-8-13/h11H,2-10H2,1H3. The van der Waals surface area contributed by atoms with Gasteiger partial charge in [0.15, 0.2) is 0 Å². The van der Waals surface area contributed by atoms with Crippen molar-refractivity contribution in [2.45, 2.75) is 63.9 Å². The van der Waals surface area contributed by atoms with E-state index in [0.717, 1.165) is 32.3 Å². The van der Waals surface area contributed by atoms with E-state index in [1.807, 2.05) is 0 Å².